The average Bonchev–Trinajstić information content (AvgIpc) is 3.42. The van der Waals surface area contributed by atoms with Gasteiger partial charge in [-0.25, -0.2) is 0 Å². The zero-order valence-electron chi connectivity index (χ0n) is 18.5. The summed E-state index contributed by atoms with van der Waals surface area (Å²) >= 11 is 1.52. The van der Waals surface area contributed by atoms with Crippen LogP contribution in [0.5, 0.6) is 0 Å². The second-order valence-corrected chi connectivity index (χ2v) is 8.87. The van der Waals surface area contributed by atoms with Gasteiger partial charge in [0.2, 0.25) is 0 Å². The van der Waals surface area contributed by atoms with E-state index < -0.39 is 0 Å². The fourth-order valence-electron chi connectivity index (χ4n) is 3.82. The lowest BCUT2D eigenvalue weighted by Gasteiger charge is -2.18. The van der Waals surface area contributed by atoms with Crippen molar-refractivity contribution in [1.29, 1.82) is 0 Å². The van der Waals surface area contributed by atoms with Gasteiger partial charge in [0.1, 0.15) is 0 Å². The Morgan fingerprint density at radius 1 is 1.16 bits per heavy atom. The molecule has 1 amide bonds. The second-order valence-electron chi connectivity index (χ2n) is 7.79. The first-order valence-electron chi connectivity index (χ1n) is 11.0. The van der Waals surface area contributed by atoms with Gasteiger partial charge in [-0.2, -0.15) is 0 Å². The van der Waals surface area contributed by atoms with Gasteiger partial charge in [0.25, 0.3) is 5.91 Å². The molecular weight excluding hydrogens is 420 g/mol. The van der Waals surface area contributed by atoms with Gasteiger partial charge in [0, 0.05) is 47.2 Å². The number of fused-ring (bicyclic) bond motifs is 2. The lowest BCUT2D eigenvalue weighted by Crippen LogP contribution is -2.39. The monoisotopic (exact) mass is 450 g/mol. The van der Waals surface area contributed by atoms with Gasteiger partial charge >= 0.3 is 0 Å². The summed E-state index contributed by atoms with van der Waals surface area (Å²) in [6, 6.07) is 16.3. The number of ether oxygens (including phenoxy) is 1. The van der Waals surface area contributed by atoms with Crippen molar-refractivity contribution in [2.45, 2.75) is 19.4 Å². The topological polar surface area (TPSA) is 78.2 Å². The van der Waals surface area contributed by atoms with Crippen molar-refractivity contribution >= 4 is 43.9 Å². The third-order valence-corrected chi connectivity index (χ3v) is 6.54. The van der Waals surface area contributed by atoms with Crippen LogP contribution < -0.4 is 16.0 Å². The van der Waals surface area contributed by atoms with Crippen LogP contribution in [0.15, 0.2) is 54.7 Å². The number of hydrogen-bond donors (Lipinski definition) is 4. The van der Waals surface area contributed by atoms with E-state index >= 15 is 0 Å². The van der Waals surface area contributed by atoms with E-state index in [4.69, 9.17) is 4.74 Å². The largest absolute Gasteiger partial charge is 0.384 e. The van der Waals surface area contributed by atoms with Gasteiger partial charge in [-0.3, -0.25) is 4.79 Å². The lowest BCUT2D eigenvalue weighted by molar-refractivity contribution is 0.0861. The van der Waals surface area contributed by atoms with E-state index in [1.165, 1.54) is 22.3 Å². The summed E-state index contributed by atoms with van der Waals surface area (Å²) in [6.07, 6.45) is 2.73. The number of amides is 1. The van der Waals surface area contributed by atoms with Crippen molar-refractivity contribution < 1.29 is 9.53 Å². The fraction of sp³-hybridized carbons (Fsp3) is 0.320. The number of benzene rings is 2. The molecule has 4 N–H and O–H groups in total. The first-order valence-corrected chi connectivity index (χ1v) is 11.8. The van der Waals surface area contributed by atoms with E-state index in [0.29, 0.717) is 24.5 Å². The first-order chi connectivity index (χ1) is 15.7. The molecule has 7 heteroatoms. The highest BCUT2D eigenvalue weighted by atomic mass is 32.1. The minimum atomic E-state index is -0.106. The second kappa shape index (κ2) is 10.6. The number of likely N-dealkylation sites (N-methyl/N-ethyl adjacent to an activating group) is 1. The van der Waals surface area contributed by atoms with Crippen molar-refractivity contribution in [1.82, 2.24) is 15.6 Å². The van der Waals surface area contributed by atoms with E-state index in [0.717, 1.165) is 34.4 Å². The fourth-order valence-corrected chi connectivity index (χ4v) is 4.82. The van der Waals surface area contributed by atoms with Crippen LogP contribution in [0.25, 0.3) is 21.0 Å². The van der Waals surface area contributed by atoms with Gasteiger partial charge in [0.05, 0.1) is 17.5 Å². The Labute approximate surface area is 192 Å². The number of H-pyrrole nitrogens is 1. The number of nitrogens with one attached hydrogen (secondary N) is 4. The summed E-state index contributed by atoms with van der Waals surface area (Å²) in [4.78, 5) is 17.1. The van der Waals surface area contributed by atoms with Crippen LogP contribution in [0.1, 0.15) is 22.2 Å². The molecule has 2 aromatic carbocycles. The highest BCUT2D eigenvalue weighted by Gasteiger charge is 2.18. The molecule has 0 aliphatic rings. The van der Waals surface area contributed by atoms with Crippen LogP contribution in [0.3, 0.4) is 0 Å². The van der Waals surface area contributed by atoms with E-state index in [9.17, 15) is 4.79 Å². The van der Waals surface area contributed by atoms with Crippen LogP contribution in [0, 0.1) is 0 Å². The Bertz CT molecular complexity index is 1180. The van der Waals surface area contributed by atoms with Gasteiger partial charge in [-0.15, -0.1) is 11.3 Å². The van der Waals surface area contributed by atoms with Gasteiger partial charge in [0.15, 0.2) is 0 Å². The molecule has 2 aromatic heterocycles. The maximum atomic E-state index is 13.1. The molecule has 1 unspecified atom stereocenters. The minimum Gasteiger partial charge on any atom is -0.384 e. The molecular formula is C25H30N4O2S. The molecule has 0 radical (unpaired) electrons. The third-order valence-electron chi connectivity index (χ3n) is 5.45. The number of aromatic nitrogens is 1. The summed E-state index contributed by atoms with van der Waals surface area (Å²) in [5.74, 6) is -0.0552. The van der Waals surface area contributed by atoms with E-state index in [1.807, 2.05) is 38.4 Å². The molecule has 1 atom stereocenters. The molecule has 0 aliphatic carbocycles. The van der Waals surface area contributed by atoms with Crippen molar-refractivity contribution in [2.24, 2.45) is 0 Å². The first kappa shape index (κ1) is 22.3. The van der Waals surface area contributed by atoms with Crippen molar-refractivity contribution in [2.75, 3.05) is 38.7 Å². The highest BCUT2D eigenvalue weighted by Crippen LogP contribution is 2.28. The van der Waals surface area contributed by atoms with Crippen LogP contribution in [0.4, 0.5) is 5.69 Å². The Morgan fingerprint density at radius 3 is 2.88 bits per heavy atom. The molecule has 0 aliphatic heterocycles. The average molecular weight is 451 g/mol. The molecule has 0 saturated heterocycles. The Kier molecular flexibility index (Phi) is 7.42. The van der Waals surface area contributed by atoms with Crippen LogP contribution in [-0.4, -0.2) is 50.3 Å². The van der Waals surface area contributed by atoms with Crippen molar-refractivity contribution in [3.63, 3.8) is 0 Å². The van der Waals surface area contributed by atoms with Crippen LogP contribution in [-0.2, 0) is 11.2 Å². The number of anilines is 1. The third kappa shape index (κ3) is 5.30. The summed E-state index contributed by atoms with van der Waals surface area (Å²) in [6.45, 7) is 4.82. The SMILES string of the molecule is CCOCC(Cc1c[nH]c2ccccc12)NC(=O)c1cc2ccc(NCCNC)cc2s1. The zero-order chi connectivity index (χ0) is 22.3. The minimum absolute atomic E-state index is 0.0552. The Morgan fingerprint density at radius 2 is 2.03 bits per heavy atom. The molecule has 0 saturated carbocycles. The van der Waals surface area contributed by atoms with Gasteiger partial charge in [-0.05, 0) is 55.6 Å². The van der Waals surface area contributed by atoms with Crippen LogP contribution >= 0.6 is 11.3 Å². The Balaban J connectivity index is 1.48. The maximum absolute atomic E-state index is 13.1. The summed E-state index contributed by atoms with van der Waals surface area (Å²) in [5.41, 5.74) is 3.35. The summed E-state index contributed by atoms with van der Waals surface area (Å²) in [7, 11) is 1.94. The number of aromatic amines is 1. The Hall–Kier alpha value is -2.87. The van der Waals surface area contributed by atoms with Crippen LogP contribution in [0.2, 0.25) is 0 Å². The number of para-hydroxylation sites is 1. The molecule has 0 bridgehead atoms. The molecule has 4 aromatic rings. The molecule has 2 heterocycles. The number of carbonyl (C=O) groups excluding carboxylic acids is 1. The van der Waals surface area contributed by atoms with E-state index in [1.54, 1.807) is 0 Å². The molecule has 0 spiro atoms. The predicted molar refractivity (Wildman–Crippen MR) is 134 cm³/mol. The van der Waals surface area contributed by atoms with E-state index in [2.05, 4.69) is 51.3 Å². The summed E-state index contributed by atoms with van der Waals surface area (Å²) in [5, 5.41) is 12.0. The van der Waals surface area contributed by atoms with Gasteiger partial charge in [-0.1, -0.05) is 24.3 Å². The molecule has 4 rings (SSSR count). The number of rotatable bonds is 11. The van der Waals surface area contributed by atoms with Gasteiger partial charge < -0.3 is 25.7 Å². The molecule has 168 valence electrons. The predicted octanol–water partition coefficient (Wildman–Crippen LogP) is 4.39. The smallest absolute Gasteiger partial charge is 0.261 e. The molecule has 32 heavy (non-hydrogen) atoms. The number of hydrogen-bond acceptors (Lipinski definition) is 5. The van der Waals surface area contributed by atoms with E-state index in [-0.39, 0.29) is 11.9 Å². The standard InChI is InChI=1S/C25H30N4O2S/c1-3-31-16-20(12-18-15-28-22-7-5-4-6-21(18)22)29-25(30)24-13-17-8-9-19(14-23(17)32-24)27-11-10-26-2/h4-9,13-15,20,26-28H,3,10-12,16H2,1-2H3,(H,29,30). The van der Waals surface area contributed by atoms with Crippen molar-refractivity contribution in [3.8, 4) is 0 Å². The highest BCUT2D eigenvalue weighted by molar-refractivity contribution is 7.20. The number of thiophene rings is 1. The quantitative estimate of drug-likeness (QED) is 0.256. The normalized spacial score (nSPS) is 12.3. The molecule has 6 nitrogen and oxygen atoms in total. The zero-order valence-corrected chi connectivity index (χ0v) is 19.4. The lowest BCUT2D eigenvalue weighted by atomic mass is 10.1. The summed E-state index contributed by atoms with van der Waals surface area (Å²) < 4.78 is 6.78. The maximum Gasteiger partial charge on any atom is 0.261 e. The molecule has 0 fully saturated rings. The van der Waals surface area contributed by atoms with Crippen molar-refractivity contribution in [3.05, 3.63) is 65.2 Å². The number of carbonyl (C=O) groups is 1.